The van der Waals surface area contributed by atoms with Crippen molar-refractivity contribution in [2.45, 2.75) is 64.0 Å². The van der Waals surface area contributed by atoms with Gasteiger partial charge in [-0.15, -0.1) is 0 Å². The second-order valence-corrected chi connectivity index (χ2v) is 7.84. The molecular formula is C17H26N4O3. The summed E-state index contributed by atoms with van der Waals surface area (Å²) in [5.74, 6) is 0.906. The first-order valence-electron chi connectivity index (χ1n) is 9.13. The summed E-state index contributed by atoms with van der Waals surface area (Å²) < 4.78 is 6.53. The maximum Gasteiger partial charge on any atom is 0.355 e. The molecule has 0 radical (unpaired) electrons. The molecule has 4 rings (SSSR count). The summed E-state index contributed by atoms with van der Waals surface area (Å²) in [5.41, 5.74) is -0.224. The van der Waals surface area contributed by atoms with Crippen LogP contribution in [0.25, 0.3) is 0 Å². The smallest absolute Gasteiger partial charge is 0.355 e. The summed E-state index contributed by atoms with van der Waals surface area (Å²) in [5, 5.41) is 3.24. The van der Waals surface area contributed by atoms with Gasteiger partial charge in [0, 0.05) is 25.3 Å². The molecule has 2 heterocycles. The quantitative estimate of drug-likeness (QED) is 0.874. The first kappa shape index (κ1) is 15.9. The number of hydrogen-bond acceptors (Lipinski definition) is 5. The third-order valence-corrected chi connectivity index (χ3v) is 6.29. The van der Waals surface area contributed by atoms with E-state index >= 15 is 0 Å². The van der Waals surface area contributed by atoms with Crippen molar-refractivity contribution in [1.29, 1.82) is 0 Å². The molecule has 3 fully saturated rings. The van der Waals surface area contributed by atoms with Crippen LogP contribution >= 0.6 is 0 Å². The molecule has 7 heteroatoms. The highest BCUT2D eigenvalue weighted by Crippen LogP contribution is 2.59. The largest absolute Gasteiger partial charge is 0.381 e. The minimum absolute atomic E-state index is 0.112. The lowest BCUT2D eigenvalue weighted by Gasteiger charge is -2.56. The molecule has 1 saturated heterocycles. The third-order valence-electron chi connectivity index (χ3n) is 6.29. The van der Waals surface area contributed by atoms with Crippen LogP contribution in [0, 0.1) is 11.3 Å². The summed E-state index contributed by atoms with van der Waals surface area (Å²) >= 11 is 0. The summed E-state index contributed by atoms with van der Waals surface area (Å²) in [6, 6.07) is 0.108. The predicted molar refractivity (Wildman–Crippen MR) is 90.3 cm³/mol. The Morgan fingerprint density at radius 3 is 2.58 bits per heavy atom. The number of aromatic nitrogens is 3. The van der Waals surface area contributed by atoms with E-state index < -0.39 is 5.69 Å². The molecule has 1 unspecified atom stereocenters. The molecule has 2 saturated carbocycles. The summed E-state index contributed by atoms with van der Waals surface area (Å²) in [6.45, 7) is 3.27. The van der Waals surface area contributed by atoms with Gasteiger partial charge >= 0.3 is 11.4 Å². The molecule has 0 amide bonds. The molecule has 1 atom stereocenters. The van der Waals surface area contributed by atoms with Crippen LogP contribution in [0.4, 0.5) is 5.95 Å². The van der Waals surface area contributed by atoms with Gasteiger partial charge in [0.1, 0.15) is 0 Å². The van der Waals surface area contributed by atoms with Gasteiger partial charge in [0.2, 0.25) is 5.95 Å². The van der Waals surface area contributed by atoms with Crippen molar-refractivity contribution in [2.75, 3.05) is 18.5 Å². The molecule has 0 aromatic carbocycles. The van der Waals surface area contributed by atoms with E-state index in [9.17, 15) is 9.59 Å². The summed E-state index contributed by atoms with van der Waals surface area (Å²) in [7, 11) is 0. The molecule has 3 aliphatic rings. The first-order valence-corrected chi connectivity index (χ1v) is 9.13. The molecule has 132 valence electrons. The number of nitrogens with one attached hydrogen (secondary N) is 2. The fraction of sp³-hybridized carbons (Fsp3) is 0.824. The van der Waals surface area contributed by atoms with Crippen LogP contribution in [0.3, 0.4) is 0 Å². The molecule has 0 bridgehead atoms. The van der Waals surface area contributed by atoms with Crippen molar-refractivity contribution >= 4 is 5.95 Å². The Bertz CT molecular complexity index is 676. The van der Waals surface area contributed by atoms with Crippen LogP contribution in [0.15, 0.2) is 9.59 Å². The monoisotopic (exact) mass is 334 g/mol. The second kappa shape index (κ2) is 6.02. The summed E-state index contributed by atoms with van der Waals surface area (Å²) in [6.07, 6.45) is 7.97. The van der Waals surface area contributed by atoms with E-state index in [1.807, 2.05) is 0 Å². The highest BCUT2D eigenvalue weighted by molar-refractivity contribution is 5.24. The normalized spacial score (nSPS) is 25.0. The van der Waals surface area contributed by atoms with Crippen molar-refractivity contribution in [2.24, 2.45) is 11.3 Å². The van der Waals surface area contributed by atoms with Crippen LogP contribution in [-0.4, -0.2) is 33.8 Å². The number of H-pyrrole nitrogens is 1. The van der Waals surface area contributed by atoms with Crippen LogP contribution < -0.4 is 16.7 Å². The lowest BCUT2D eigenvalue weighted by molar-refractivity contribution is -0.0299. The molecule has 1 aliphatic heterocycles. The standard InChI is InChI=1S/C17H26N4O3/c1-11(12-9-17(10-12)5-2-6-17)18-14-19-15(22)21(16(23)20-14)13-3-7-24-8-4-13/h11-13H,2-10H2,1H3,(H2,18,19,20,22,23). The van der Waals surface area contributed by atoms with Crippen molar-refractivity contribution in [1.82, 2.24) is 14.5 Å². The number of anilines is 1. The topological polar surface area (TPSA) is 89.0 Å². The fourth-order valence-electron chi connectivity index (χ4n) is 4.58. The van der Waals surface area contributed by atoms with Crippen LogP contribution in [0.5, 0.6) is 0 Å². The van der Waals surface area contributed by atoms with Crippen molar-refractivity contribution < 1.29 is 4.74 Å². The number of ether oxygens (including phenoxy) is 1. The highest BCUT2D eigenvalue weighted by Gasteiger charge is 2.49. The Hall–Kier alpha value is -1.63. The van der Waals surface area contributed by atoms with Gasteiger partial charge in [-0.05, 0) is 56.8 Å². The Labute approximate surface area is 140 Å². The van der Waals surface area contributed by atoms with Crippen molar-refractivity contribution in [3.8, 4) is 0 Å². The Kier molecular flexibility index (Phi) is 3.98. The van der Waals surface area contributed by atoms with Gasteiger partial charge in [-0.1, -0.05) is 6.42 Å². The van der Waals surface area contributed by atoms with E-state index in [1.54, 1.807) is 0 Å². The van der Waals surface area contributed by atoms with Crippen LogP contribution in [0.1, 0.15) is 57.9 Å². The molecule has 1 aromatic rings. The molecule has 2 N–H and O–H groups in total. The summed E-state index contributed by atoms with van der Waals surface area (Å²) in [4.78, 5) is 31.4. The van der Waals surface area contributed by atoms with E-state index in [-0.39, 0.29) is 17.8 Å². The SMILES string of the molecule is CC(Nc1nc(=O)n(C2CCOCC2)c(=O)[nH]1)C1CC2(CCC2)C1. The van der Waals surface area contributed by atoms with Crippen molar-refractivity contribution in [3.63, 3.8) is 0 Å². The van der Waals surface area contributed by atoms with Crippen LogP contribution in [0.2, 0.25) is 0 Å². The van der Waals surface area contributed by atoms with E-state index in [2.05, 4.69) is 22.2 Å². The zero-order valence-corrected chi connectivity index (χ0v) is 14.2. The minimum atomic E-state index is -0.468. The van der Waals surface area contributed by atoms with Gasteiger partial charge < -0.3 is 10.1 Å². The zero-order valence-electron chi connectivity index (χ0n) is 14.2. The maximum absolute atomic E-state index is 12.3. The number of nitrogens with zero attached hydrogens (tertiary/aromatic N) is 2. The Morgan fingerprint density at radius 1 is 1.29 bits per heavy atom. The molecular weight excluding hydrogens is 308 g/mol. The molecule has 2 aliphatic carbocycles. The lowest BCUT2D eigenvalue weighted by Crippen LogP contribution is -2.49. The second-order valence-electron chi connectivity index (χ2n) is 7.84. The average Bonchev–Trinajstić information content (AvgIpc) is 2.44. The zero-order chi connectivity index (χ0) is 16.7. The van der Waals surface area contributed by atoms with E-state index in [0.29, 0.717) is 43.3 Å². The number of rotatable bonds is 4. The number of aromatic amines is 1. The van der Waals surface area contributed by atoms with Crippen LogP contribution in [-0.2, 0) is 4.74 Å². The van der Waals surface area contributed by atoms with E-state index in [4.69, 9.17) is 4.74 Å². The fourth-order valence-corrected chi connectivity index (χ4v) is 4.58. The predicted octanol–water partition coefficient (Wildman–Crippen LogP) is 1.66. The van der Waals surface area contributed by atoms with Gasteiger partial charge in [-0.2, -0.15) is 4.98 Å². The third kappa shape index (κ3) is 2.79. The first-order chi connectivity index (χ1) is 11.6. The molecule has 24 heavy (non-hydrogen) atoms. The Balaban J connectivity index is 1.44. The lowest BCUT2D eigenvalue weighted by atomic mass is 9.50. The number of hydrogen-bond donors (Lipinski definition) is 2. The minimum Gasteiger partial charge on any atom is -0.381 e. The van der Waals surface area contributed by atoms with E-state index in [1.165, 1.54) is 36.7 Å². The van der Waals surface area contributed by atoms with Gasteiger partial charge in [-0.25, -0.2) is 14.2 Å². The van der Waals surface area contributed by atoms with Gasteiger partial charge in [0.05, 0.1) is 0 Å². The van der Waals surface area contributed by atoms with Gasteiger partial charge in [-0.3, -0.25) is 4.98 Å². The highest BCUT2D eigenvalue weighted by atomic mass is 16.5. The maximum atomic E-state index is 12.3. The van der Waals surface area contributed by atoms with Gasteiger partial charge in [0.15, 0.2) is 0 Å². The average molecular weight is 334 g/mol. The molecule has 7 nitrogen and oxygen atoms in total. The van der Waals surface area contributed by atoms with Crippen molar-refractivity contribution in [3.05, 3.63) is 21.0 Å². The molecule has 1 aromatic heterocycles. The Morgan fingerprint density at radius 2 is 2.00 bits per heavy atom. The van der Waals surface area contributed by atoms with E-state index in [0.717, 1.165) is 0 Å². The molecule has 1 spiro atoms. The van der Waals surface area contributed by atoms with Gasteiger partial charge in [0.25, 0.3) is 0 Å².